The zero-order valence-corrected chi connectivity index (χ0v) is 29.7. The Morgan fingerprint density at radius 1 is 0.863 bits per heavy atom. The molecule has 51 heavy (non-hydrogen) atoms. The van der Waals surface area contributed by atoms with Gasteiger partial charge in [-0.15, -0.1) is 0 Å². The van der Waals surface area contributed by atoms with E-state index in [0.717, 1.165) is 44.8 Å². The first-order valence-electron chi connectivity index (χ1n) is 16.9. The normalized spacial score (nSPS) is 12.3. The van der Waals surface area contributed by atoms with Gasteiger partial charge in [-0.25, -0.2) is 13.9 Å². The number of ether oxygens (including phenoxy) is 3. The van der Waals surface area contributed by atoms with E-state index in [4.69, 9.17) is 34.4 Å². The van der Waals surface area contributed by atoms with Crippen LogP contribution in [0.1, 0.15) is 55.9 Å². The molecule has 262 valence electrons. The summed E-state index contributed by atoms with van der Waals surface area (Å²) in [5, 5.41) is 13.5. The van der Waals surface area contributed by atoms with Crippen LogP contribution in [0.5, 0.6) is 11.5 Å². The topological polar surface area (TPSA) is 108 Å². The molecule has 6 aromatic rings. The Morgan fingerprint density at radius 3 is 2.27 bits per heavy atom. The van der Waals surface area contributed by atoms with Gasteiger partial charge in [-0.05, 0) is 89.1 Å². The summed E-state index contributed by atoms with van der Waals surface area (Å²) in [7, 11) is 0. The summed E-state index contributed by atoms with van der Waals surface area (Å²) < 4.78 is 34.0. The van der Waals surface area contributed by atoms with Crippen molar-refractivity contribution in [1.82, 2.24) is 19.6 Å². The maximum atomic E-state index is 14.4. The predicted molar refractivity (Wildman–Crippen MR) is 194 cm³/mol. The van der Waals surface area contributed by atoms with Crippen LogP contribution < -0.4 is 9.47 Å². The van der Waals surface area contributed by atoms with Crippen molar-refractivity contribution < 1.29 is 28.5 Å². The highest BCUT2D eigenvalue weighted by Crippen LogP contribution is 2.36. The fourth-order valence-corrected chi connectivity index (χ4v) is 5.76. The number of fused-ring (bicyclic) bond motifs is 11. The van der Waals surface area contributed by atoms with E-state index in [9.17, 15) is 9.18 Å². The molecule has 1 aliphatic rings. The van der Waals surface area contributed by atoms with Gasteiger partial charge in [-0.3, -0.25) is 9.78 Å². The summed E-state index contributed by atoms with van der Waals surface area (Å²) in [5.74, 6) is 0.343. The number of benzene rings is 3. The average Bonchev–Trinajstić information content (AvgIpc) is 3.50. The lowest BCUT2D eigenvalue weighted by Crippen LogP contribution is -2.13. The first-order valence-corrected chi connectivity index (χ1v) is 16.9. The number of hydrogen-bond donors (Lipinski definition) is 1. The second-order valence-electron chi connectivity index (χ2n) is 13.4. The molecule has 0 saturated heterocycles. The standard InChI is InChI=1S/C37H31FN4O4.C4H10O/c1-4-44-36(43)18-31-23(3)39-35-19-32-25-8-5-7-24(15-25)30-14-13-27(38)17-34(30)46-21-29-10-6-9-28(40-29)20-45-33-16-26(12-11-22(33)2)37(31)42(35)41-32;1-4(2,3)5/h5-17,19H,4,18,20-21H2,1-3H3;5H,1-3H3. The molecule has 3 aromatic carbocycles. The van der Waals surface area contributed by atoms with E-state index in [1.54, 1.807) is 38.3 Å². The van der Waals surface area contributed by atoms with Gasteiger partial charge in [-0.2, -0.15) is 5.10 Å². The minimum absolute atomic E-state index is 0.0384. The molecule has 0 radical (unpaired) electrons. The summed E-state index contributed by atoms with van der Waals surface area (Å²) in [5.41, 5.74) is 8.57. The van der Waals surface area contributed by atoms with Gasteiger partial charge in [0.2, 0.25) is 0 Å². The van der Waals surface area contributed by atoms with Crippen molar-refractivity contribution in [3.05, 3.63) is 119 Å². The molecule has 3 aromatic heterocycles. The molecule has 9 nitrogen and oxygen atoms in total. The molecule has 0 atom stereocenters. The second-order valence-corrected chi connectivity index (χ2v) is 13.4. The highest BCUT2D eigenvalue weighted by Gasteiger charge is 2.22. The van der Waals surface area contributed by atoms with Gasteiger partial charge in [0.1, 0.15) is 30.5 Å². The van der Waals surface area contributed by atoms with E-state index in [-0.39, 0.29) is 32.2 Å². The van der Waals surface area contributed by atoms with Crippen LogP contribution in [0.4, 0.5) is 4.39 Å². The van der Waals surface area contributed by atoms with Crippen LogP contribution in [0.15, 0.2) is 84.9 Å². The Kier molecular flexibility index (Phi) is 10.2. The summed E-state index contributed by atoms with van der Waals surface area (Å²) in [6.45, 7) is 11.6. The maximum Gasteiger partial charge on any atom is 0.310 e. The molecule has 0 unspecified atom stereocenters. The molecule has 0 spiro atoms. The number of rotatable bonds is 3. The number of esters is 1. The number of carbonyl (C=O) groups is 1. The van der Waals surface area contributed by atoms with Crippen molar-refractivity contribution in [3.63, 3.8) is 0 Å². The maximum absolute atomic E-state index is 14.4. The fourth-order valence-electron chi connectivity index (χ4n) is 5.76. The lowest BCUT2D eigenvalue weighted by atomic mass is 10.00. The molecule has 0 fully saturated rings. The van der Waals surface area contributed by atoms with Crippen LogP contribution in [0, 0.1) is 19.7 Å². The Bertz CT molecular complexity index is 2220. The fraction of sp³-hybridized carbons (Fsp3) is 0.268. The highest BCUT2D eigenvalue weighted by atomic mass is 19.1. The molecule has 0 aliphatic carbocycles. The number of aromatic nitrogens is 4. The zero-order chi connectivity index (χ0) is 36.3. The second kappa shape index (κ2) is 14.7. The molecular formula is C41H41FN4O5. The number of hydrogen-bond acceptors (Lipinski definition) is 8. The number of nitrogens with zero attached hydrogens (tertiary/aromatic N) is 4. The SMILES string of the molecule is CC(C)(C)O.CCOC(=O)Cc1c(C)nc2cc3nn2c1-c1ccc(C)c(c1)OCc1cccc(n1)COc1cc(F)ccc1-c1cccc-3c1. The van der Waals surface area contributed by atoms with E-state index in [2.05, 4.69) is 0 Å². The summed E-state index contributed by atoms with van der Waals surface area (Å²) in [6, 6.07) is 25.9. The third-order valence-electron chi connectivity index (χ3n) is 8.02. The predicted octanol–water partition coefficient (Wildman–Crippen LogP) is 8.24. The average molecular weight is 689 g/mol. The Balaban J connectivity index is 0.000000839. The first-order chi connectivity index (χ1) is 24.4. The van der Waals surface area contributed by atoms with Crippen LogP contribution in [-0.2, 0) is 29.2 Å². The van der Waals surface area contributed by atoms with E-state index in [1.807, 2.05) is 80.6 Å². The molecular weight excluding hydrogens is 647 g/mol. The van der Waals surface area contributed by atoms with Gasteiger partial charge in [0, 0.05) is 40.1 Å². The van der Waals surface area contributed by atoms with Crippen molar-refractivity contribution in [1.29, 1.82) is 0 Å². The minimum Gasteiger partial charge on any atom is -0.487 e. The van der Waals surface area contributed by atoms with Crippen LogP contribution in [0.2, 0.25) is 0 Å². The van der Waals surface area contributed by atoms with Crippen molar-refractivity contribution in [2.75, 3.05) is 6.61 Å². The van der Waals surface area contributed by atoms with Gasteiger partial charge >= 0.3 is 5.97 Å². The molecule has 1 N–H and O–H groups in total. The van der Waals surface area contributed by atoms with Crippen molar-refractivity contribution in [3.8, 4) is 45.1 Å². The van der Waals surface area contributed by atoms with E-state index in [1.165, 1.54) is 12.1 Å². The van der Waals surface area contributed by atoms with Crippen molar-refractivity contribution >= 4 is 11.6 Å². The lowest BCUT2D eigenvalue weighted by Gasteiger charge is -2.16. The van der Waals surface area contributed by atoms with Gasteiger partial charge in [0.15, 0.2) is 5.65 Å². The summed E-state index contributed by atoms with van der Waals surface area (Å²) >= 11 is 0. The van der Waals surface area contributed by atoms with Crippen molar-refractivity contribution in [2.45, 2.75) is 66.8 Å². The Labute approximate surface area is 296 Å². The number of aliphatic hydroxyl groups is 1. The third kappa shape index (κ3) is 8.41. The number of carbonyl (C=O) groups excluding carboxylic acids is 1. The first kappa shape index (κ1) is 35.2. The van der Waals surface area contributed by atoms with Crippen LogP contribution >= 0.6 is 0 Å². The monoisotopic (exact) mass is 688 g/mol. The molecule has 8 bridgehead atoms. The van der Waals surface area contributed by atoms with Crippen LogP contribution in [0.3, 0.4) is 0 Å². The number of pyridine rings is 1. The molecule has 7 rings (SSSR count). The molecule has 0 saturated carbocycles. The van der Waals surface area contributed by atoms with Crippen molar-refractivity contribution in [2.24, 2.45) is 0 Å². The summed E-state index contributed by atoms with van der Waals surface area (Å²) in [4.78, 5) is 22.4. The zero-order valence-electron chi connectivity index (χ0n) is 29.7. The van der Waals surface area contributed by atoms with E-state index < -0.39 is 11.4 Å². The number of aryl methyl sites for hydroxylation is 2. The van der Waals surface area contributed by atoms with Gasteiger partial charge in [-0.1, -0.05) is 36.4 Å². The van der Waals surface area contributed by atoms with E-state index >= 15 is 0 Å². The highest BCUT2D eigenvalue weighted by molar-refractivity contribution is 5.80. The Hall–Kier alpha value is -5.61. The molecule has 10 heteroatoms. The summed E-state index contributed by atoms with van der Waals surface area (Å²) in [6.07, 6.45) is 0.0384. The molecule has 0 amide bonds. The third-order valence-corrected chi connectivity index (χ3v) is 8.02. The quantitative estimate of drug-likeness (QED) is 0.185. The number of halogens is 1. The van der Waals surface area contributed by atoms with Gasteiger partial charge in [0.05, 0.1) is 41.4 Å². The van der Waals surface area contributed by atoms with E-state index in [0.29, 0.717) is 34.2 Å². The Morgan fingerprint density at radius 2 is 1.55 bits per heavy atom. The largest absolute Gasteiger partial charge is 0.487 e. The minimum atomic E-state index is -0.500. The molecule has 1 aliphatic heterocycles. The smallest absolute Gasteiger partial charge is 0.310 e. The van der Waals surface area contributed by atoms with Gasteiger partial charge < -0.3 is 19.3 Å². The van der Waals surface area contributed by atoms with Gasteiger partial charge in [0.25, 0.3) is 0 Å². The molecule has 4 heterocycles. The van der Waals surface area contributed by atoms with Crippen LogP contribution in [0.25, 0.3) is 39.3 Å². The van der Waals surface area contributed by atoms with Crippen LogP contribution in [-0.4, -0.2) is 42.9 Å². The lowest BCUT2D eigenvalue weighted by molar-refractivity contribution is -0.142.